The van der Waals surface area contributed by atoms with E-state index in [-0.39, 0.29) is 12.3 Å². The number of amides is 3. The van der Waals surface area contributed by atoms with Gasteiger partial charge in [-0.1, -0.05) is 11.2 Å². The second-order valence-corrected chi connectivity index (χ2v) is 9.74. The van der Waals surface area contributed by atoms with Crippen LogP contribution in [0, 0.1) is 5.92 Å². The lowest BCUT2D eigenvalue weighted by molar-refractivity contribution is -0.120. The molecular formula is C24H33N5O4. The van der Waals surface area contributed by atoms with Gasteiger partial charge in [-0.25, -0.2) is 4.79 Å². The Morgan fingerprint density at radius 2 is 1.88 bits per heavy atom. The fraction of sp³-hybridized carbons (Fsp3) is 0.625. The largest absolute Gasteiger partial charge is 0.381 e. The number of imide groups is 1. The van der Waals surface area contributed by atoms with Crippen LogP contribution in [-0.4, -0.2) is 78.4 Å². The van der Waals surface area contributed by atoms with Crippen LogP contribution in [0.25, 0.3) is 11.0 Å². The molecule has 5 rings (SSSR count). The molecule has 0 aliphatic carbocycles. The zero-order valence-electron chi connectivity index (χ0n) is 19.5. The Bertz CT molecular complexity index is 1010. The summed E-state index contributed by atoms with van der Waals surface area (Å²) in [4.78, 5) is 30.5. The molecule has 1 N–H and O–H groups in total. The molecule has 9 nitrogen and oxygen atoms in total. The number of hydrogen-bond donors (Lipinski definition) is 1. The Balaban J connectivity index is 1.28. The first-order chi connectivity index (χ1) is 16.0. The van der Waals surface area contributed by atoms with E-state index < -0.39 is 6.03 Å². The van der Waals surface area contributed by atoms with Crippen LogP contribution in [0.1, 0.15) is 38.7 Å². The molecule has 0 bridgehead atoms. The third-order valence-corrected chi connectivity index (χ3v) is 7.22. The van der Waals surface area contributed by atoms with Crippen LogP contribution in [0.4, 0.5) is 10.6 Å². The summed E-state index contributed by atoms with van der Waals surface area (Å²) in [6.07, 6.45) is 2.60. The fourth-order valence-corrected chi connectivity index (χ4v) is 5.46. The van der Waals surface area contributed by atoms with Gasteiger partial charge in [0.1, 0.15) is 0 Å². The first kappa shape index (κ1) is 22.3. The lowest BCUT2D eigenvalue weighted by Gasteiger charge is -2.45. The Kier molecular flexibility index (Phi) is 6.36. The van der Waals surface area contributed by atoms with Crippen molar-refractivity contribution in [1.29, 1.82) is 0 Å². The van der Waals surface area contributed by atoms with Crippen molar-refractivity contribution in [2.75, 3.05) is 44.3 Å². The summed E-state index contributed by atoms with van der Waals surface area (Å²) in [5, 5.41) is 7.28. The molecule has 3 amide bonds. The van der Waals surface area contributed by atoms with Crippen molar-refractivity contribution in [3.63, 3.8) is 0 Å². The minimum atomic E-state index is -0.449. The van der Waals surface area contributed by atoms with E-state index in [1.807, 2.05) is 6.07 Å². The molecule has 3 fully saturated rings. The fourth-order valence-electron chi connectivity index (χ4n) is 5.46. The van der Waals surface area contributed by atoms with Crippen LogP contribution in [0.3, 0.4) is 0 Å². The van der Waals surface area contributed by atoms with Gasteiger partial charge in [0, 0.05) is 64.4 Å². The van der Waals surface area contributed by atoms with Gasteiger partial charge in [-0.15, -0.1) is 0 Å². The summed E-state index contributed by atoms with van der Waals surface area (Å²) in [6, 6.07) is 6.51. The van der Waals surface area contributed by atoms with E-state index in [0.717, 1.165) is 49.7 Å². The number of hydrogen-bond acceptors (Lipinski definition) is 7. The number of carbonyl (C=O) groups is 2. The molecule has 1 aromatic heterocycles. The van der Waals surface area contributed by atoms with Crippen LogP contribution in [-0.2, 0) is 16.1 Å². The van der Waals surface area contributed by atoms with Gasteiger partial charge >= 0.3 is 6.03 Å². The molecule has 9 heteroatoms. The summed E-state index contributed by atoms with van der Waals surface area (Å²) in [5.74, 6) is 0.962. The number of fused-ring (bicyclic) bond motifs is 1. The van der Waals surface area contributed by atoms with E-state index in [4.69, 9.17) is 9.26 Å². The quantitative estimate of drug-likeness (QED) is 0.741. The summed E-state index contributed by atoms with van der Waals surface area (Å²) in [6.45, 7) is 10.9. The van der Waals surface area contributed by atoms with Crippen molar-refractivity contribution in [3.8, 4) is 0 Å². The number of nitrogens with zero attached hydrogens (tertiary/aromatic N) is 4. The highest BCUT2D eigenvalue weighted by Gasteiger charge is 2.32. The normalized spacial score (nSPS) is 26.2. The van der Waals surface area contributed by atoms with Crippen molar-refractivity contribution in [3.05, 3.63) is 23.8 Å². The first-order valence-electron chi connectivity index (χ1n) is 12.0. The summed E-state index contributed by atoms with van der Waals surface area (Å²) >= 11 is 0. The van der Waals surface area contributed by atoms with Crippen LogP contribution in [0.5, 0.6) is 0 Å². The monoisotopic (exact) mass is 455 g/mol. The average Bonchev–Trinajstić information content (AvgIpc) is 3.20. The van der Waals surface area contributed by atoms with E-state index >= 15 is 0 Å². The van der Waals surface area contributed by atoms with E-state index in [9.17, 15) is 9.59 Å². The third kappa shape index (κ3) is 4.76. The van der Waals surface area contributed by atoms with Gasteiger partial charge in [0.2, 0.25) is 5.91 Å². The number of benzene rings is 1. The van der Waals surface area contributed by atoms with E-state index in [1.165, 1.54) is 24.3 Å². The molecule has 1 aromatic carbocycles. The number of nitrogens with one attached hydrogen (secondary N) is 1. The average molecular weight is 456 g/mol. The van der Waals surface area contributed by atoms with Crippen molar-refractivity contribution in [2.45, 2.75) is 51.7 Å². The second-order valence-electron chi connectivity index (χ2n) is 9.74. The maximum absolute atomic E-state index is 12.3. The van der Waals surface area contributed by atoms with Crippen molar-refractivity contribution < 1.29 is 18.8 Å². The SMILES string of the molecule is C[C@@H]1CN(CC2CCOCC2)C[C@H](C)N1Cc1ccc2onc(N3CCC(=O)NC3=O)c2c1. The number of anilines is 1. The molecule has 2 aromatic rings. The smallest absolute Gasteiger partial charge is 0.329 e. The predicted molar refractivity (Wildman–Crippen MR) is 124 cm³/mol. The van der Waals surface area contributed by atoms with Crippen molar-refractivity contribution >= 4 is 28.7 Å². The summed E-state index contributed by atoms with van der Waals surface area (Å²) in [5.41, 5.74) is 1.80. The highest BCUT2D eigenvalue weighted by atomic mass is 16.5. The van der Waals surface area contributed by atoms with Gasteiger partial charge in [-0.3, -0.25) is 24.8 Å². The molecule has 3 saturated heterocycles. The highest BCUT2D eigenvalue weighted by Crippen LogP contribution is 2.30. The Labute approximate surface area is 194 Å². The standard InChI is InChI=1S/C24H33N5O4/c1-16-12-27(14-18-6-9-32-10-7-18)13-17(2)29(16)15-19-3-4-21-20(11-19)23(26-33-21)28-8-5-22(30)25-24(28)31/h3-4,11,16-18H,5-10,12-15H2,1-2H3,(H,25,30,31)/t16-,17+. The van der Waals surface area contributed by atoms with Gasteiger partial charge in [0.15, 0.2) is 11.4 Å². The summed E-state index contributed by atoms with van der Waals surface area (Å²) in [7, 11) is 0. The zero-order chi connectivity index (χ0) is 22.9. The van der Waals surface area contributed by atoms with Gasteiger partial charge in [-0.2, -0.15) is 0 Å². The topological polar surface area (TPSA) is 91.2 Å². The van der Waals surface area contributed by atoms with E-state index in [1.54, 1.807) is 0 Å². The Morgan fingerprint density at radius 1 is 1.12 bits per heavy atom. The van der Waals surface area contributed by atoms with Crippen molar-refractivity contribution in [2.24, 2.45) is 5.92 Å². The van der Waals surface area contributed by atoms with Crippen LogP contribution in [0.15, 0.2) is 22.7 Å². The number of piperazine rings is 1. The van der Waals surface area contributed by atoms with Crippen LogP contribution < -0.4 is 10.2 Å². The predicted octanol–water partition coefficient (Wildman–Crippen LogP) is 2.60. The number of urea groups is 1. The van der Waals surface area contributed by atoms with Crippen LogP contribution in [0.2, 0.25) is 0 Å². The molecule has 0 spiro atoms. The van der Waals surface area contributed by atoms with E-state index in [2.05, 4.69) is 46.3 Å². The van der Waals surface area contributed by atoms with Gasteiger partial charge < -0.3 is 9.26 Å². The number of aromatic nitrogens is 1. The minimum absolute atomic E-state index is 0.257. The van der Waals surface area contributed by atoms with E-state index in [0.29, 0.717) is 30.0 Å². The molecule has 178 valence electrons. The molecule has 33 heavy (non-hydrogen) atoms. The number of ether oxygens (including phenoxy) is 1. The van der Waals surface area contributed by atoms with Gasteiger partial charge in [-0.05, 0) is 50.3 Å². The van der Waals surface area contributed by atoms with Crippen molar-refractivity contribution in [1.82, 2.24) is 20.3 Å². The first-order valence-corrected chi connectivity index (χ1v) is 12.0. The van der Waals surface area contributed by atoms with Gasteiger partial charge in [0.25, 0.3) is 0 Å². The molecule has 3 aliphatic rings. The zero-order valence-corrected chi connectivity index (χ0v) is 19.5. The molecule has 2 atom stereocenters. The molecule has 0 saturated carbocycles. The number of carbonyl (C=O) groups excluding carboxylic acids is 2. The van der Waals surface area contributed by atoms with Crippen LogP contribution >= 0.6 is 0 Å². The van der Waals surface area contributed by atoms with Gasteiger partial charge in [0.05, 0.1) is 5.39 Å². The summed E-state index contributed by atoms with van der Waals surface area (Å²) < 4.78 is 11.0. The Morgan fingerprint density at radius 3 is 2.61 bits per heavy atom. The minimum Gasteiger partial charge on any atom is -0.381 e. The lowest BCUT2D eigenvalue weighted by Crippen LogP contribution is -2.57. The molecule has 3 aliphatic heterocycles. The number of rotatable bonds is 5. The highest BCUT2D eigenvalue weighted by molar-refractivity contribution is 6.08. The lowest BCUT2D eigenvalue weighted by atomic mass is 9.97. The maximum Gasteiger partial charge on any atom is 0.329 e. The molecule has 0 unspecified atom stereocenters. The molecular weight excluding hydrogens is 422 g/mol. The Hall–Kier alpha value is -2.49. The molecule has 4 heterocycles. The third-order valence-electron chi connectivity index (χ3n) is 7.22. The second kappa shape index (κ2) is 9.40. The maximum atomic E-state index is 12.3. The molecule has 0 radical (unpaired) electrons.